The summed E-state index contributed by atoms with van der Waals surface area (Å²) in [4.78, 5) is 28.4. The number of rotatable bonds is 2. The van der Waals surface area contributed by atoms with Crippen molar-refractivity contribution >= 4 is 5.91 Å². The van der Waals surface area contributed by atoms with Gasteiger partial charge in [-0.3, -0.25) is 4.79 Å². The van der Waals surface area contributed by atoms with Crippen LogP contribution in [-0.2, 0) is 23.8 Å². The summed E-state index contributed by atoms with van der Waals surface area (Å²) in [5.41, 5.74) is 2.69. The maximum absolute atomic E-state index is 12.8. The van der Waals surface area contributed by atoms with Crippen molar-refractivity contribution in [2.75, 3.05) is 19.7 Å². The first-order chi connectivity index (χ1) is 14.2. The van der Waals surface area contributed by atoms with E-state index >= 15 is 0 Å². The quantitative estimate of drug-likeness (QED) is 0.674. The van der Waals surface area contributed by atoms with Gasteiger partial charge in [-0.25, -0.2) is 15.0 Å². The molecule has 148 valence electrons. The average Bonchev–Trinajstić information content (AvgIpc) is 3.20. The summed E-state index contributed by atoms with van der Waals surface area (Å²) in [6.07, 6.45) is 7.66. The SMILES string of the molecule is Cn1ccnc1C(=O)N1CCC2(CC1)OCCc1cnc(-c3ccccc3)nc12. The minimum Gasteiger partial charge on any atom is -0.368 e. The molecule has 0 atom stereocenters. The van der Waals surface area contributed by atoms with Gasteiger partial charge in [0, 0.05) is 44.3 Å². The molecule has 1 saturated heterocycles. The number of carbonyl (C=O) groups excluding carboxylic acids is 1. The number of ether oxygens (including phenoxy) is 1. The van der Waals surface area contributed by atoms with E-state index in [-0.39, 0.29) is 5.91 Å². The number of fused-ring (bicyclic) bond motifs is 2. The smallest absolute Gasteiger partial charge is 0.289 e. The number of hydrogen-bond acceptors (Lipinski definition) is 5. The maximum Gasteiger partial charge on any atom is 0.289 e. The Bertz CT molecular complexity index is 1040. The fraction of sp³-hybridized carbons (Fsp3) is 0.364. The molecule has 0 aliphatic carbocycles. The van der Waals surface area contributed by atoms with Gasteiger partial charge in [-0.05, 0) is 24.8 Å². The van der Waals surface area contributed by atoms with Gasteiger partial charge in [0.1, 0.15) is 5.60 Å². The summed E-state index contributed by atoms with van der Waals surface area (Å²) < 4.78 is 8.08. The largest absolute Gasteiger partial charge is 0.368 e. The Balaban J connectivity index is 1.42. The highest BCUT2D eigenvalue weighted by atomic mass is 16.5. The lowest BCUT2D eigenvalue weighted by atomic mass is 9.83. The van der Waals surface area contributed by atoms with E-state index in [0.29, 0.717) is 25.5 Å². The number of hydrogen-bond donors (Lipinski definition) is 0. The van der Waals surface area contributed by atoms with Crippen LogP contribution in [0.15, 0.2) is 48.9 Å². The number of nitrogens with zero attached hydrogens (tertiary/aromatic N) is 5. The molecule has 2 aliphatic heterocycles. The molecule has 1 aromatic carbocycles. The number of imidazole rings is 1. The molecule has 1 spiro atoms. The minimum absolute atomic E-state index is 0.0314. The minimum atomic E-state index is -0.446. The van der Waals surface area contributed by atoms with Crippen molar-refractivity contribution in [2.45, 2.75) is 24.9 Å². The number of amides is 1. The van der Waals surface area contributed by atoms with Crippen molar-refractivity contribution in [3.63, 3.8) is 0 Å². The van der Waals surface area contributed by atoms with Crippen molar-refractivity contribution in [3.05, 3.63) is 66.0 Å². The summed E-state index contributed by atoms with van der Waals surface area (Å²) in [7, 11) is 1.84. The van der Waals surface area contributed by atoms with Crippen molar-refractivity contribution < 1.29 is 9.53 Å². The first-order valence-electron chi connectivity index (χ1n) is 9.99. The molecule has 7 nitrogen and oxygen atoms in total. The van der Waals surface area contributed by atoms with Crippen molar-refractivity contribution in [3.8, 4) is 11.4 Å². The van der Waals surface area contributed by atoms with Crippen LogP contribution in [-0.4, -0.2) is 50.0 Å². The zero-order valence-corrected chi connectivity index (χ0v) is 16.4. The Morgan fingerprint density at radius 3 is 2.66 bits per heavy atom. The molecule has 0 saturated carbocycles. The Kier molecular flexibility index (Phi) is 4.39. The van der Waals surface area contributed by atoms with Gasteiger partial charge in [-0.2, -0.15) is 0 Å². The fourth-order valence-electron chi connectivity index (χ4n) is 4.30. The highest BCUT2D eigenvalue weighted by Crippen LogP contribution is 2.41. The highest BCUT2D eigenvalue weighted by Gasteiger charge is 2.43. The Hall–Kier alpha value is -3.06. The molecule has 5 rings (SSSR count). The van der Waals surface area contributed by atoms with E-state index in [1.807, 2.05) is 48.5 Å². The number of likely N-dealkylation sites (tertiary alicyclic amines) is 1. The summed E-state index contributed by atoms with van der Waals surface area (Å²) in [6.45, 7) is 1.90. The second-order valence-corrected chi connectivity index (χ2v) is 7.68. The standard InChI is InChI=1S/C22H23N5O2/c1-26-13-10-23-20(26)21(28)27-11-8-22(9-12-27)18-17(7-14-29-22)15-24-19(25-18)16-5-3-2-4-6-16/h2-6,10,13,15H,7-9,11-12,14H2,1H3. The Morgan fingerprint density at radius 2 is 1.93 bits per heavy atom. The molecule has 0 unspecified atom stereocenters. The van der Waals surface area contributed by atoms with Gasteiger partial charge in [0.2, 0.25) is 0 Å². The van der Waals surface area contributed by atoms with Gasteiger partial charge in [-0.15, -0.1) is 0 Å². The molecule has 29 heavy (non-hydrogen) atoms. The predicted octanol–water partition coefficient (Wildman–Crippen LogP) is 2.58. The van der Waals surface area contributed by atoms with Gasteiger partial charge >= 0.3 is 0 Å². The lowest BCUT2D eigenvalue weighted by Crippen LogP contribution is -2.49. The van der Waals surface area contributed by atoms with Gasteiger partial charge < -0.3 is 14.2 Å². The molecule has 2 aliphatic rings. The van der Waals surface area contributed by atoms with Crippen molar-refractivity contribution in [1.29, 1.82) is 0 Å². The lowest BCUT2D eigenvalue weighted by Gasteiger charge is -2.44. The van der Waals surface area contributed by atoms with Gasteiger partial charge in [-0.1, -0.05) is 30.3 Å². The van der Waals surface area contributed by atoms with E-state index in [4.69, 9.17) is 9.72 Å². The zero-order valence-electron chi connectivity index (χ0n) is 16.4. The summed E-state index contributed by atoms with van der Waals surface area (Å²) in [5.74, 6) is 1.16. The molecule has 0 radical (unpaired) electrons. The monoisotopic (exact) mass is 389 g/mol. The highest BCUT2D eigenvalue weighted by molar-refractivity contribution is 5.90. The van der Waals surface area contributed by atoms with E-state index in [1.54, 1.807) is 17.0 Å². The zero-order chi connectivity index (χ0) is 19.8. The van der Waals surface area contributed by atoms with Gasteiger partial charge in [0.05, 0.1) is 12.3 Å². The molecular formula is C22H23N5O2. The molecule has 0 bridgehead atoms. The van der Waals surface area contributed by atoms with E-state index < -0.39 is 5.60 Å². The van der Waals surface area contributed by atoms with Crippen LogP contribution in [0, 0.1) is 0 Å². The first-order valence-corrected chi connectivity index (χ1v) is 9.99. The van der Waals surface area contributed by atoms with E-state index in [2.05, 4.69) is 9.97 Å². The number of aryl methyl sites for hydroxylation is 1. The normalized spacial score (nSPS) is 17.9. The van der Waals surface area contributed by atoms with Gasteiger partial charge in [0.25, 0.3) is 5.91 Å². The van der Waals surface area contributed by atoms with Crippen LogP contribution in [0.25, 0.3) is 11.4 Å². The van der Waals surface area contributed by atoms with E-state index in [0.717, 1.165) is 41.9 Å². The Labute approximate surface area is 169 Å². The van der Waals surface area contributed by atoms with E-state index in [9.17, 15) is 4.79 Å². The number of benzene rings is 1. The number of piperidine rings is 1. The Morgan fingerprint density at radius 1 is 1.14 bits per heavy atom. The molecule has 1 amide bonds. The summed E-state index contributed by atoms with van der Waals surface area (Å²) in [6, 6.07) is 10.0. The third kappa shape index (κ3) is 3.11. The van der Waals surface area contributed by atoms with Crippen LogP contribution in [0.1, 0.15) is 34.7 Å². The average molecular weight is 389 g/mol. The third-order valence-electron chi connectivity index (χ3n) is 5.95. The third-order valence-corrected chi connectivity index (χ3v) is 5.95. The summed E-state index contributed by atoms with van der Waals surface area (Å²) >= 11 is 0. The maximum atomic E-state index is 12.8. The van der Waals surface area contributed by atoms with Crippen LogP contribution in [0.5, 0.6) is 0 Å². The lowest BCUT2D eigenvalue weighted by molar-refractivity contribution is -0.0968. The molecule has 0 N–H and O–H groups in total. The molecular weight excluding hydrogens is 366 g/mol. The van der Waals surface area contributed by atoms with Crippen LogP contribution < -0.4 is 0 Å². The number of carbonyl (C=O) groups is 1. The predicted molar refractivity (Wildman–Crippen MR) is 107 cm³/mol. The van der Waals surface area contributed by atoms with Crippen LogP contribution >= 0.6 is 0 Å². The fourth-order valence-corrected chi connectivity index (χ4v) is 4.30. The summed E-state index contributed by atoms with van der Waals surface area (Å²) in [5, 5.41) is 0. The van der Waals surface area contributed by atoms with E-state index in [1.165, 1.54) is 0 Å². The molecule has 2 aromatic heterocycles. The van der Waals surface area contributed by atoms with Crippen molar-refractivity contribution in [1.82, 2.24) is 24.4 Å². The van der Waals surface area contributed by atoms with Crippen LogP contribution in [0.4, 0.5) is 0 Å². The second-order valence-electron chi connectivity index (χ2n) is 7.68. The van der Waals surface area contributed by atoms with Gasteiger partial charge in [0.15, 0.2) is 11.6 Å². The van der Waals surface area contributed by atoms with Crippen LogP contribution in [0.2, 0.25) is 0 Å². The molecule has 7 heteroatoms. The topological polar surface area (TPSA) is 73.1 Å². The van der Waals surface area contributed by atoms with Crippen molar-refractivity contribution in [2.24, 2.45) is 7.05 Å². The molecule has 4 heterocycles. The van der Waals surface area contributed by atoms with Crippen LogP contribution in [0.3, 0.4) is 0 Å². The first kappa shape index (κ1) is 18.0. The second kappa shape index (κ2) is 7.08. The number of aromatic nitrogens is 4. The molecule has 3 aromatic rings. The molecule has 1 fully saturated rings.